The van der Waals surface area contributed by atoms with Crippen molar-refractivity contribution in [3.8, 4) is 11.3 Å². The number of hydrogen-bond donors (Lipinski definition) is 0. The van der Waals surface area contributed by atoms with Gasteiger partial charge in [-0.1, -0.05) is 25.0 Å². The molecule has 1 saturated carbocycles. The number of carbonyl (C=O) groups is 1. The normalized spacial score (nSPS) is 23.3. The summed E-state index contributed by atoms with van der Waals surface area (Å²) >= 11 is 1.86. The second kappa shape index (κ2) is 7.81. The molecule has 5 heteroatoms. The Morgan fingerprint density at radius 2 is 1.93 bits per heavy atom. The largest absolute Gasteiger partial charge is 0.462 e. The zero-order valence-corrected chi connectivity index (χ0v) is 17.2. The molecule has 2 aliphatic rings. The van der Waals surface area contributed by atoms with E-state index in [9.17, 15) is 4.79 Å². The van der Waals surface area contributed by atoms with Crippen molar-refractivity contribution >= 4 is 17.3 Å². The van der Waals surface area contributed by atoms with Crippen LogP contribution in [-0.4, -0.2) is 18.7 Å². The van der Waals surface area contributed by atoms with Gasteiger partial charge in [0.15, 0.2) is 0 Å². The first-order valence-electron chi connectivity index (χ1n) is 10.3. The maximum atomic E-state index is 11.8. The second-order valence-corrected chi connectivity index (χ2v) is 8.63. The number of rotatable bonds is 4. The molecular weight excluding hydrogens is 384 g/mol. The molecule has 0 saturated heterocycles. The Bertz CT molecular complexity index is 1000. The molecule has 0 amide bonds. The third kappa shape index (κ3) is 3.43. The van der Waals surface area contributed by atoms with E-state index in [0.29, 0.717) is 18.1 Å². The van der Waals surface area contributed by atoms with Crippen molar-refractivity contribution in [1.82, 2.24) is 0 Å². The molecule has 3 heterocycles. The van der Waals surface area contributed by atoms with Gasteiger partial charge in [-0.3, -0.25) is 0 Å². The fraction of sp³-hybridized carbons (Fsp3) is 0.375. The SMILES string of the molecule is CCOC(=O)c1ccc(-c2ccc([C@H]3O[C@H]4CCCC[C@H]4c4sccc43)o2)cc1. The van der Waals surface area contributed by atoms with E-state index in [0.717, 1.165) is 23.5 Å². The van der Waals surface area contributed by atoms with Crippen LogP contribution in [0.25, 0.3) is 11.3 Å². The molecule has 1 fully saturated rings. The van der Waals surface area contributed by atoms with Gasteiger partial charge in [-0.15, -0.1) is 11.3 Å². The van der Waals surface area contributed by atoms with Crippen molar-refractivity contribution in [3.05, 3.63) is 69.6 Å². The lowest BCUT2D eigenvalue weighted by Crippen LogP contribution is -2.32. The highest BCUT2D eigenvalue weighted by molar-refractivity contribution is 7.10. The molecule has 5 rings (SSSR count). The van der Waals surface area contributed by atoms with Crippen molar-refractivity contribution in [2.75, 3.05) is 6.61 Å². The summed E-state index contributed by atoms with van der Waals surface area (Å²) in [6.07, 6.45) is 5.03. The zero-order chi connectivity index (χ0) is 19.8. The molecule has 150 valence electrons. The first kappa shape index (κ1) is 18.6. The second-order valence-electron chi connectivity index (χ2n) is 7.69. The van der Waals surface area contributed by atoms with Crippen molar-refractivity contribution < 1.29 is 18.7 Å². The molecule has 0 N–H and O–H groups in total. The Balaban J connectivity index is 1.41. The third-order valence-electron chi connectivity index (χ3n) is 5.93. The standard InChI is InChI=1S/C24H24O4S/c1-2-26-24(25)16-9-7-15(8-10-16)19-11-12-21(27-19)22-18-13-14-29-23(18)17-5-3-4-6-20(17)28-22/h7-14,17,20,22H,2-6H2,1H3/t17-,20+,22+/m1/s1. The fourth-order valence-corrected chi connectivity index (χ4v) is 5.63. The van der Waals surface area contributed by atoms with Gasteiger partial charge in [0.2, 0.25) is 0 Å². The molecule has 29 heavy (non-hydrogen) atoms. The minimum absolute atomic E-state index is 0.136. The van der Waals surface area contributed by atoms with E-state index in [1.54, 1.807) is 19.1 Å². The summed E-state index contributed by atoms with van der Waals surface area (Å²) in [4.78, 5) is 13.3. The molecule has 0 unspecified atom stereocenters. The van der Waals surface area contributed by atoms with Crippen molar-refractivity contribution in [3.63, 3.8) is 0 Å². The summed E-state index contributed by atoms with van der Waals surface area (Å²) in [7, 11) is 0. The molecule has 3 atom stereocenters. The Hall–Kier alpha value is -2.37. The van der Waals surface area contributed by atoms with E-state index in [2.05, 4.69) is 11.4 Å². The highest BCUT2D eigenvalue weighted by Gasteiger charge is 2.39. The number of ether oxygens (including phenoxy) is 2. The van der Waals surface area contributed by atoms with Gasteiger partial charge >= 0.3 is 5.97 Å². The van der Waals surface area contributed by atoms with Gasteiger partial charge in [-0.2, -0.15) is 0 Å². The molecule has 1 aliphatic carbocycles. The zero-order valence-electron chi connectivity index (χ0n) is 16.4. The van der Waals surface area contributed by atoms with E-state index in [1.807, 2.05) is 35.6 Å². The topological polar surface area (TPSA) is 48.7 Å². The monoisotopic (exact) mass is 408 g/mol. The lowest BCUT2D eigenvalue weighted by atomic mass is 9.81. The van der Waals surface area contributed by atoms with Crippen molar-refractivity contribution in [1.29, 1.82) is 0 Å². The van der Waals surface area contributed by atoms with Crippen LogP contribution in [0.2, 0.25) is 0 Å². The summed E-state index contributed by atoms with van der Waals surface area (Å²) in [6.45, 7) is 2.17. The van der Waals surface area contributed by atoms with Gasteiger partial charge in [0, 0.05) is 21.9 Å². The van der Waals surface area contributed by atoms with Gasteiger partial charge in [-0.25, -0.2) is 4.79 Å². The Labute approximate surface area is 174 Å². The number of furan rings is 1. The van der Waals surface area contributed by atoms with E-state index in [4.69, 9.17) is 13.9 Å². The van der Waals surface area contributed by atoms with Crippen LogP contribution in [0, 0.1) is 0 Å². The van der Waals surface area contributed by atoms with Crippen LogP contribution < -0.4 is 0 Å². The predicted octanol–water partition coefficient (Wildman–Crippen LogP) is 6.33. The number of hydrogen-bond acceptors (Lipinski definition) is 5. The van der Waals surface area contributed by atoms with Crippen LogP contribution in [0.4, 0.5) is 0 Å². The number of benzene rings is 1. The molecule has 1 aromatic carbocycles. The maximum absolute atomic E-state index is 11.8. The molecule has 0 radical (unpaired) electrons. The van der Waals surface area contributed by atoms with Crippen LogP contribution in [0.3, 0.4) is 0 Å². The van der Waals surface area contributed by atoms with Gasteiger partial charge in [0.25, 0.3) is 0 Å². The average Bonchev–Trinajstić information content (AvgIpc) is 3.44. The summed E-state index contributed by atoms with van der Waals surface area (Å²) in [6, 6.07) is 13.5. The lowest BCUT2D eigenvalue weighted by molar-refractivity contribution is -0.0451. The van der Waals surface area contributed by atoms with Gasteiger partial charge in [0.05, 0.1) is 18.3 Å². The van der Waals surface area contributed by atoms with E-state index in [1.165, 1.54) is 29.7 Å². The van der Waals surface area contributed by atoms with E-state index < -0.39 is 0 Å². The summed E-state index contributed by atoms with van der Waals surface area (Å²) < 4.78 is 17.8. The van der Waals surface area contributed by atoms with Crippen molar-refractivity contribution in [2.24, 2.45) is 0 Å². The molecular formula is C24H24O4S. The maximum Gasteiger partial charge on any atom is 0.338 e. The van der Waals surface area contributed by atoms with Gasteiger partial charge in [0.1, 0.15) is 17.6 Å². The summed E-state index contributed by atoms with van der Waals surface area (Å²) in [5.41, 5.74) is 2.74. The molecule has 0 spiro atoms. The lowest BCUT2D eigenvalue weighted by Gasteiger charge is -2.38. The van der Waals surface area contributed by atoms with Crippen LogP contribution in [-0.2, 0) is 9.47 Å². The molecule has 0 bridgehead atoms. The molecule has 4 nitrogen and oxygen atoms in total. The Morgan fingerprint density at radius 3 is 2.76 bits per heavy atom. The number of fused-ring (bicyclic) bond motifs is 3. The third-order valence-corrected chi connectivity index (χ3v) is 6.99. The quantitative estimate of drug-likeness (QED) is 0.473. The van der Waals surface area contributed by atoms with Gasteiger partial charge < -0.3 is 13.9 Å². The van der Waals surface area contributed by atoms with Crippen LogP contribution >= 0.6 is 11.3 Å². The Kier molecular flexibility index (Phi) is 5.02. The number of carbonyl (C=O) groups excluding carboxylic acids is 1. The van der Waals surface area contributed by atoms with Crippen LogP contribution in [0.1, 0.15) is 71.2 Å². The highest BCUT2D eigenvalue weighted by atomic mass is 32.1. The van der Waals surface area contributed by atoms with E-state index in [-0.39, 0.29) is 18.2 Å². The Morgan fingerprint density at radius 1 is 1.10 bits per heavy atom. The first-order chi connectivity index (χ1) is 14.2. The smallest absolute Gasteiger partial charge is 0.338 e. The fourth-order valence-electron chi connectivity index (χ4n) is 4.51. The molecule has 1 aliphatic heterocycles. The summed E-state index contributed by atoms with van der Waals surface area (Å²) in [5.74, 6) is 1.86. The minimum atomic E-state index is -0.304. The number of esters is 1. The van der Waals surface area contributed by atoms with Crippen LogP contribution in [0.5, 0.6) is 0 Å². The van der Waals surface area contributed by atoms with Crippen molar-refractivity contribution in [2.45, 2.75) is 50.7 Å². The molecule has 2 aromatic heterocycles. The van der Waals surface area contributed by atoms with E-state index >= 15 is 0 Å². The summed E-state index contributed by atoms with van der Waals surface area (Å²) in [5, 5.41) is 2.18. The first-order valence-corrected chi connectivity index (χ1v) is 11.2. The van der Waals surface area contributed by atoms with Gasteiger partial charge in [-0.05, 0) is 55.5 Å². The highest BCUT2D eigenvalue weighted by Crippen LogP contribution is 2.49. The number of thiophene rings is 1. The van der Waals surface area contributed by atoms with Crippen LogP contribution in [0.15, 0.2) is 52.3 Å². The molecule has 3 aromatic rings. The average molecular weight is 409 g/mol. The minimum Gasteiger partial charge on any atom is -0.462 e. The predicted molar refractivity (Wildman–Crippen MR) is 112 cm³/mol.